The van der Waals surface area contributed by atoms with Crippen molar-refractivity contribution in [1.29, 1.82) is 0 Å². The molecule has 0 amide bonds. The lowest BCUT2D eigenvalue weighted by atomic mass is 10.2. The van der Waals surface area contributed by atoms with E-state index in [9.17, 15) is 0 Å². The molecule has 1 aromatic heterocycles. The maximum Gasteiger partial charge on any atom is 0.0642 e. The minimum Gasteiger partial charge on any atom is -0.378 e. The van der Waals surface area contributed by atoms with Crippen molar-refractivity contribution in [3.63, 3.8) is 0 Å². The molecule has 0 spiro atoms. The number of pyridine rings is 1. The van der Waals surface area contributed by atoms with E-state index in [-0.39, 0.29) is 0 Å². The number of nitrogens with zero attached hydrogens (tertiary/aromatic N) is 2. The second kappa shape index (κ2) is 4.62. The van der Waals surface area contributed by atoms with E-state index in [1.807, 2.05) is 12.3 Å². The van der Waals surface area contributed by atoms with Gasteiger partial charge in [-0.15, -0.1) is 11.6 Å². The average molecular weight is 213 g/mol. The molecule has 14 heavy (non-hydrogen) atoms. The summed E-state index contributed by atoms with van der Waals surface area (Å²) in [6.45, 7) is 3.47. The van der Waals surface area contributed by atoms with E-state index in [1.54, 1.807) is 6.20 Å². The van der Waals surface area contributed by atoms with Crippen LogP contribution < -0.4 is 4.90 Å². The number of aromatic nitrogens is 1. The van der Waals surface area contributed by atoms with E-state index < -0.39 is 0 Å². The van der Waals surface area contributed by atoms with Crippen molar-refractivity contribution in [3.8, 4) is 0 Å². The molecule has 4 heteroatoms. The lowest BCUT2D eigenvalue weighted by Gasteiger charge is -2.30. The molecule has 76 valence electrons. The van der Waals surface area contributed by atoms with Crippen molar-refractivity contribution in [2.75, 3.05) is 31.2 Å². The summed E-state index contributed by atoms with van der Waals surface area (Å²) in [6.07, 6.45) is 3.64. The monoisotopic (exact) mass is 212 g/mol. The number of alkyl halides is 1. The van der Waals surface area contributed by atoms with Crippen molar-refractivity contribution in [3.05, 3.63) is 24.0 Å². The van der Waals surface area contributed by atoms with Crippen LogP contribution in [-0.2, 0) is 10.6 Å². The fourth-order valence-electron chi connectivity index (χ4n) is 1.64. The van der Waals surface area contributed by atoms with Crippen LogP contribution in [0.15, 0.2) is 18.5 Å². The quantitative estimate of drug-likeness (QED) is 0.698. The molecule has 0 unspecified atom stereocenters. The molecule has 2 rings (SSSR count). The normalized spacial score (nSPS) is 17.1. The predicted octanol–water partition coefficient (Wildman–Crippen LogP) is 1.66. The SMILES string of the molecule is ClCc1cnccc1N1CCOCC1. The number of hydrogen-bond donors (Lipinski definition) is 0. The van der Waals surface area contributed by atoms with Gasteiger partial charge in [0.05, 0.1) is 19.1 Å². The van der Waals surface area contributed by atoms with Gasteiger partial charge in [-0.2, -0.15) is 0 Å². The molecule has 0 saturated carbocycles. The van der Waals surface area contributed by atoms with E-state index in [0.717, 1.165) is 31.9 Å². The molecule has 3 nitrogen and oxygen atoms in total. The van der Waals surface area contributed by atoms with E-state index in [0.29, 0.717) is 5.88 Å². The van der Waals surface area contributed by atoms with Crippen LogP contribution >= 0.6 is 11.6 Å². The molecule has 1 aliphatic heterocycles. The smallest absolute Gasteiger partial charge is 0.0642 e. The van der Waals surface area contributed by atoms with Gasteiger partial charge in [-0.25, -0.2) is 0 Å². The van der Waals surface area contributed by atoms with Gasteiger partial charge in [-0.1, -0.05) is 0 Å². The number of morpholine rings is 1. The molecule has 0 aromatic carbocycles. The van der Waals surface area contributed by atoms with Crippen LogP contribution in [0.25, 0.3) is 0 Å². The zero-order valence-corrected chi connectivity index (χ0v) is 8.70. The van der Waals surface area contributed by atoms with Gasteiger partial charge in [-0.3, -0.25) is 4.98 Å². The zero-order chi connectivity index (χ0) is 9.80. The third-order valence-corrected chi connectivity index (χ3v) is 2.66. The largest absolute Gasteiger partial charge is 0.378 e. The Kier molecular flexibility index (Phi) is 3.22. The summed E-state index contributed by atoms with van der Waals surface area (Å²) in [5, 5.41) is 0. The first-order valence-electron chi connectivity index (χ1n) is 4.73. The molecule has 0 atom stereocenters. The van der Waals surface area contributed by atoms with Gasteiger partial charge in [0.2, 0.25) is 0 Å². The summed E-state index contributed by atoms with van der Waals surface area (Å²) < 4.78 is 5.30. The van der Waals surface area contributed by atoms with Gasteiger partial charge in [0, 0.05) is 36.7 Å². The lowest BCUT2D eigenvalue weighted by molar-refractivity contribution is 0.122. The molecular weight excluding hydrogens is 200 g/mol. The molecule has 0 aliphatic carbocycles. The fourth-order valence-corrected chi connectivity index (χ4v) is 1.84. The Morgan fingerprint density at radius 1 is 1.43 bits per heavy atom. The van der Waals surface area contributed by atoms with Gasteiger partial charge < -0.3 is 9.64 Å². The summed E-state index contributed by atoms with van der Waals surface area (Å²) in [7, 11) is 0. The van der Waals surface area contributed by atoms with Crippen molar-refractivity contribution >= 4 is 17.3 Å². The third-order valence-electron chi connectivity index (χ3n) is 2.37. The highest BCUT2D eigenvalue weighted by atomic mass is 35.5. The van der Waals surface area contributed by atoms with Crippen LogP contribution in [0.5, 0.6) is 0 Å². The molecule has 2 heterocycles. The van der Waals surface area contributed by atoms with Crippen LogP contribution in [-0.4, -0.2) is 31.3 Å². The Balaban J connectivity index is 2.20. The summed E-state index contributed by atoms with van der Waals surface area (Å²) in [5.74, 6) is 0.514. The summed E-state index contributed by atoms with van der Waals surface area (Å²) in [6, 6.07) is 2.02. The molecule has 0 N–H and O–H groups in total. The Morgan fingerprint density at radius 3 is 2.93 bits per heavy atom. The van der Waals surface area contributed by atoms with Gasteiger partial charge >= 0.3 is 0 Å². The standard InChI is InChI=1S/C10H13ClN2O/c11-7-9-8-12-2-1-10(9)13-3-5-14-6-4-13/h1-2,8H,3-7H2. The first kappa shape index (κ1) is 9.74. The third kappa shape index (κ3) is 1.99. The van der Waals surface area contributed by atoms with E-state index in [4.69, 9.17) is 16.3 Å². The number of rotatable bonds is 2. The van der Waals surface area contributed by atoms with Crippen molar-refractivity contribution in [2.24, 2.45) is 0 Å². The first-order valence-corrected chi connectivity index (χ1v) is 5.27. The van der Waals surface area contributed by atoms with Crippen LogP contribution in [0.4, 0.5) is 5.69 Å². The first-order chi connectivity index (χ1) is 6.92. The number of halogens is 1. The van der Waals surface area contributed by atoms with E-state index >= 15 is 0 Å². The Hall–Kier alpha value is -0.800. The Bertz CT molecular complexity index is 300. The highest BCUT2D eigenvalue weighted by Gasteiger charge is 2.13. The molecule has 0 radical (unpaired) electrons. The van der Waals surface area contributed by atoms with Crippen LogP contribution in [0.1, 0.15) is 5.56 Å². The molecule has 1 aromatic rings. The maximum absolute atomic E-state index is 5.85. The molecular formula is C10H13ClN2O. The van der Waals surface area contributed by atoms with Gasteiger partial charge in [0.25, 0.3) is 0 Å². The molecule has 0 bridgehead atoms. The predicted molar refractivity (Wildman–Crippen MR) is 56.8 cm³/mol. The minimum atomic E-state index is 0.514. The topological polar surface area (TPSA) is 25.4 Å². The maximum atomic E-state index is 5.85. The average Bonchev–Trinajstić information content (AvgIpc) is 2.30. The number of ether oxygens (including phenoxy) is 1. The van der Waals surface area contributed by atoms with Gasteiger partial charge in [-0.05, 0) is 6.07 Å². The van der Waals surface area contributed by atoms with Crippen molar-refractivity contribution in [1.82, 2.24) is 4.98 Å². The summed E-state index contributed by atoms with van der Waals surface area (Å²) in [5.41, 5.74) is 2.29. The minimum absolute atomic E-state index is 0.514. The van der Waals surface area contributed by atoms with Crippen molar-refractivity contribution in [2.45, 2.75) is 5.88 Å². The van der Waals surface area contributed by atoms with Gasteiger partial charge in [0.1, 0.15) is 0 Å². The van der Waals surface area contributed by atoms with Crippen LogP contribution in [0, 0.1) is 0 Å². The van der Waals surface area contributed by atoms with E-state index in [1.165, 1.54) is 5.69 Å². The highest BCUT2D eigenvalue weighted by Crippen LogP contribution is 2.21. The van der Waals surface area contributed by atoms with E-state index in [2.05, 4.69) is 9.88 Å². The molecule has 1 fully saturated rings. The second-order valence-corrected chi connectivity index (χ2v) is 3.50. The summed E-state index contributed by atoms with van der Waals surface area (Å²) >= 11 is 5.85. The lowest BCUT2D eigenvalue weighted by Crippen LogP contribution is -2.36. The molecule has 1 aliphatic rings. The second-order valence-electron chi connectivity index (χ2n) is 3.24. The van der Waals surface area contributed by atoms with Crippen molar-refractivity contribution < 1.29 is 4.74 Å². The Labute approximate surface area is 88.6 Å². The van der Waals surface area contributed by atoms with Gasteiger partial charge in [0.15, 0.2) is 0 Å². The zero-order valence-electron chi connectivity index (χ0n) is 7.95. The van der Waals surface area contributed by atoms with Crippen LogP contribution in [0.3, 0.4) is 0 Å². The molecule has 1 saturated heterocycles. The Morgan fingerprint density at radius 2 is 2.21 bits per heavy atom. The van der Waals surface area contributed by atoms with Crippen LogP contribution in [0.2, 0.25) is 0 Å². The summed E-state index contributed by atoms with van der Waals surface area (Å²) in [4.78, 5) is 6.36. The highest BCUT2D eigenvalue weighted by molar-refractivity contribution is 6.17. The number of anilines is 1. The fraction of sp³-hybridized carbons (Fsp3) is 0.500. The number of hydrogen-bond acceptors (Lipinski definition) is 3.